The van der Waals surface area contributed by atoms with Crippen LogP contribution >= 0.6 is 27.5 Å². The maximum Gasteiger partial charge on any atom is 0.323 e. The molecule has 2 N–H and O–H groups in total. The number of fused-ring (bicyclic) bond motifs is 2. The summed E-state index contributed by atoms with van der Waals surface area (Å²) < 4.78 is 14.8. The number of carbonyl (C=O) groups excluding carboxylic acids is 3. The second-order valence-electron chi connectivity index (χ2n) is 5.92. The highest BCUT2D eigenvalue weighted by atomic mass is 79.9. The second kappa shape index (κ2) is 5.78. The predicted molar refractivity (Wildman–Crippen MR) is 95.1 cm³/mol. The summed E-state index contributed by atoms with van der Waals surface area (Å²) in [6.07, 6.45) is 0. The highest BCUT2D eigenvalue weighted by molar-refractivity contribution is 9.10. The number of hydrogen-bond acceptors (Lipinski definition) is 3. The molecule has 0 aliphatic carbocycles. The maximum atomic E-state index is 14.3. The fourth-order valence-electron chi connectivity index (χ4n) is 3.29. The minimum atomic E-state index is -1.93. The first-order valence-electron chi connectivity index (χ1n) is 7.53. The minimum absolute atomic E-state index is 0.115. The molecule has 0 radical (unpaired) electrons. The first-order chi connectivity index (χ1) is 12.3. The molecule has 1 unspecified atom stereocenters. The van der Waals surface area contributed by atoms with Crippen LogP contribution in [0.1, 0.15) is 11.1 Å². The molecule has 1 atom stereocenters. The van der Waals surface area contributed by atoms with Crippen LogP contribution in [0.4, 0.5) is 14.9 Å². The number of halogens is 3. The Morgan fingerprint density at radius 3 is 2.62 bits per heavy atom. The molecule has 132 valence electrons. The summed E-state index contributed by atoms with van der Waals surface area (Å²) in [5.41, 5.74) is -1.14. The number of nitrogens with one attached hydrogen (secondary N) is 2. The van der Waals surface area contributed by atoms with E-state index < -0.39 is 29.2 Å². The monoisotopic (exact) mass is 437 g/mol. The van der Waals surface area contributed by atoms with Crippen LogP contribution in [0.3, 0.4) is 0 Å². The van der Waals surface area contributed by atoms with Gasteiger partial charge in [0.15, 0.2) is 0 Å². The SMILES string of the molecule is O=C1NC(=O)C2(N1)C(=O)N(Cc1ccc(Br)cc1F)c1cccc(Cl)c12. The molecule has 0 saturated carbocycles. The summed E-state index contributed by atoms with van der Waals surface area (Å²) in [6.45, 7) is -0.115. The van der Waals surface area contributed by atoms with Crippen LogP contribution in [0.15, 0.2) is 40.9 Å². The summed E-state index contributed by atoms with van der Waals surface area (Å²) in [6, 6.07) is 8.43. The molecule has 2 aliphatic rings. The van der Waals surface area contributed by atoms with Gasteiger partial charge < -0.3 is 10.2 Å². The average Bonchev–Trinajstić information content (AvgIpc) is 3.00. The lowest BCUT2D eigenvalue weighted by atomic mass is 9.91. The normalized spacial score (nSPS) is 21.2. The van der Waals surface area contributed by atoms with Crippen molar-refractivity contribution in [2.75, 3.05) is 4.90 Å². The van der Waals surface area contributed by atoms with Gasteiger partial charge in [0, 0.05) is 20.6 Å². The smallest absolute Gasteiger partial charge is 0.312 e. The molecular weight excluding hydrogens is 429 g/mol. The van der Waals surface area contributed by atoms with E-state index >= 15 is 0 Å². The first-order valence-corrected chi connectivity index (χ1v) is 8.70. The Bertz CT molecular complexity index is 999. The van der Waals surface area contributed by atoms with Crippen LogP contribution in [0.25, 0.3) is 0 Å². The maximum absolute atomic E-state index is 14.3. The van der Waals surface area contributed by atoms with E-state index in [1.807, 2.05) is 0 Å². The van der Waals surface area contributed by atoms with Crippen LogP contribution in [-0.4, -0.2) is 17.8 Å². The number of hydrogen-bond donors (Lipinski definition) is 2. The van der Waals surface area contributed by atoms with Crippen molar-refractivity contribution in [2.45, 2.75) is 12.1 Å². The number of imide groups is 1. The number of rotatable bonds is 2. The molecule has 1 saturated heterocycles. The lowest BCUT2D eigenvalue weighted by Crippen LogP contribution is -2.52. The van der Waals surface area contributed by atoms with Crippen LogP contribution in [0, 0.1) is 5.82 Å². The molecular formula is C17H10BrClFN3O3. The van der Waals surface area contributed by atoms with Crippen molar-refractivity contribution in [3.8, 4) is 0 Å². The van der Waals surface area contributed by atoms with Gasteiger partial charge >= 0.3 is 6.03 Å². The van der Waals surface area contributed by atoms with E-state index in [1.165, 1.54) is 23.1 Å². The van der Waals surface area contributed by atoms with Crippen molar-refractivity contribution in [2.24, 2.45) is 0 Å². The van der Waals surface area contributed by atoms with Crippen LogP contribution < -0.4 is 15.5 Å². The standard InChI is InChI=1S/C17H10BrClFN3O3/c18-9-5-4-8(11(20)6-9)7-23-12-3-1-2-10(19)13(12)17(15(23)25)14(24)21-16(26)22-17/h1-6H,7H2,(H2,21,22,24,26). The highest BCUT2D eigenvalue weighted by Crippen LogP contribution is 2.46. The molecule has 1 fully saturated rings. The molecule has 0 aromatic heterocycles. The Morgan fingerprint density at radius 1 is 1.19 bits per heavy atom. The van der Waals surface area contributed by atoms with Gasteiger partial charge in [0.05, 0.1) is 12.2 Å². The van der Waals surface area contributed by atoms with Gasteiger partial charge in [-0.1, -0.05) is 39.7 Å². The predicted octanol–water partition coefficient (Wildman–Crippen LogP) is 2.82. The highest BCUT2D eigenvalue weighted by Gasteiger charge is 2.62. The van der Waals surface area contributed by atoms with Crippen molar-refractivity contribution in [1.82, 2.24) is 10.6 Å². The summed E-state index contributed by atoms with van der Waals surface area (Å²) >= 11 is 9.43. The molecule has 2 heterocycles. The van der Waals surface area contributed by atoms with E-state index in [9.17, 15) is 18.8 Å². The van der Waals surface area contributed by atoms with Gasteiger partial charge in [-0.3, -0.25) is 14.9 Å². The molecule has 6 nitrogen and oxygen atoms in total. The third-order valence-electron chi connectivity index (χ3n) is 4.44. The van der Waals surface area contributed by atoms with E-state index in [1.54, 1.807) is 18.2 Å². The molecule has 2 aliphatic heterocycles. The topological polar surface area (TPSA) is 78.5 Å². The minimum Gasteiger partial charge on any atom is -0.312 e. The van der Waals surface area contributed by atoms with E-state index in [-0.39, 0.29) is 22.7 Å². The Labute approximate surface area is 160 Å². The summed E-state index contributed by atoms with van der Waals surface area (Å²) in [7, 11) is 0. The van der Waals surface area contributed by atoms with Gasteiger partial charge in [-0.05, 0) is 24.3 Å². The van der Waals surface area contributed by atoms with E-state index in [0.29, 0.717) is 10.2 Å². The number of anilines is 1. The molecule has 4 amide bonds. The fourth-order valence-corrected chi connectivity index (χ4v) is 3.93. The van der Waals surface area contributed by atoms with Crippen molar-refractivity contribution >= 4 is 51.1 Å². The number of nitrogens with zero attached hydrogens (tertiary/aromatic N) is 1. The Hall–Kier alpha value is -2.45. The molecule has 1 spiro atoms. The quantitative estimate of drug-likeness (QED) is 0.559. The summed E-state index contributed by atoms with van der Waals surface area (Å²) in [4.78, 5) is 38.6. The first kappa shape index (κ1) is 17.0. The van der Waals surface area contributed by atoms with Gasteiger partial charge in [-0.15, -0.1) is 0 Å². The Kier molecular flexibility index (Phi) is 3.78. The van der Waals surface area contributed by atoms with Crippen molar-refractivity contribution in [3.63, 3.8) is 0 Å². The molecule has 9 heteroatoms. The van der Waals surface area contributed by atoms with Crippen molar-refractivity contribution in [3.05, 3.63) is 62.8 Å². The van der Waals surface area contributed by atoms with Gasteiger partial charge in [0.2, 0.25) is 5.54 Å². The number of benzene rings is 2. The number of urea groups is 1. The zero-order chi connectivity index (χ0) is 18.6. The molecule has 2 aromatic rings. The number of carbonyl (C=O) groups is 3. The zero-order valence-electron chi connectivity index (χ0n) is 13.0. The van der Waals surface area contributed by atoms with Crippen molar-refractivity contribution in [1.29, 1.82) is 0 Å². The van der Waals surface area contributed by atoms with E-state index in [0.717, 1.165) is 0 Å². The lowest BCUT2D eigenvalue weighted by Gasteiger charge is -2.21. The van der Waals surface area contributed by atoms with Crippen LogP contribution in [0.2, 0.25) is 5.02 Å². The second-order valence-corrected chi connectivity index (χ2v) is 7.24. The van der Waals surface area contributed by atoms with Crippen LogP contribution in [-0.2, 0) is 21.7 Å². The third kappa shape index (κ3) is 2.25. The zero-order valence-corrected chi connectivity index (χ0v) is 15.3. The molecule has 2 aromatic carbocycles. The van der Waals surface area contributed by atoms with Crippen LogP contribution in [0.5, 0.6) is 0 Å². The molecule has 26 heavy (non-hydrogen) atoms. The summed E-state index contributed by atoms with van der Waals surface area (Å²) in [5, 5.41) is 4.62. The van der Waals surface area contributed by atoms with Gasteiger partial charge in [-0.2, -0.15) is 0 Å². The van der Waals surface area contributed by atoms with Gasteiger partial charge in [-0.25, -0.2) is 9.18 Å². The molecule has 4 rings (SSSR count). The number of amides is 4. The average molecular weight is 439 g/mol. The van der Waals surface area contributed by atoms with E-state index in [4.69, 9.17) is 11.6 Å². The van der Waals surface area contributed by atoms with Crippen molar-refractivity contribution < 1.29 is 18.8 Å². The fraction of sp³-hybridized carbons (Fsp3) is 0.118. The van der Waals surface area contributed by atoms with E-state index in [2.05, 4.69) is 26.6 Å². The Balaban J connectivity index is 1.86. The molecule has 0 bridgehead atoms. The third-order valence-corrected chi connectivity index (χ3v) is 5.24. The largest absolute Gasteiger partial charge is 0.323 e. The lowest BCUT2D eigenvalue weighted by molar-refractivity contribution is -0.134. The van der Waals surface area contributed by atoms with Gasteiger partial charge in [0.25, 0.3) is 11.8 Å². The van der Waals surface area contributed by atoms with Gasteiger partial charge in [0.1, 0.15) is 5.82 Å². The Morgan fingerprint density at radius 2 is 1.96 bits per heavy atom. The summed E-state index contributed by atoms with van der Waals surface area (Å²) in [5.74, 6) is -2.00.